The fraction of sp³-hybridized carbons (Fsp3) is 0.211. The quantitative estimate of drug-likeness (QED) is 0.0520. The number of carbonyl (C=O) groups is 4. The van der Waals surface area contributed by atoms with Crippen molar-refractivity contribution in [1.82, 2.24) is 5.32 Å². The van der Waals surface area contributed by atoms with Gasteiger partial charge in [-0.1, -0.05) is 37.6 Å². The van der Waals surface area contributed by atoms with Crippen LogP contribution < -0.4 is 25.4 Å². The zero-order valence-corrected chi connectivity index (χ0v) is 28.6. The molecule has 49 heavy (non-hydrogen) atoms. The molecule has 1 unspecified atom stereocenters. The maximum Gasteiger partial charge on any atom is 0.338 e. The van der Waals surface area contributed by atoms with E-state index in [1.54, 1.807) is 97.9 Å². The van der Waals surface area contributed by atoms with Crippen molar-refractivity contribution in [2.45, 2.75) is 36.8 Å². The molecule has 0 aromatic heterocycles. The van der Waals surface area contributed by atoms with Gasteiger partial charge in [-0.3, -0.25) is 14.4 Å². The molecule has 0 fully saturated rings. The predicted octanol–water partition coefficient (Wildman–Crippen LogP) is 7.19. The van der Waals surface area contributed by atoms with Crippen molar-refractivity contribution in [3.05, 3.63) is 119 Å². The summed E-state index contributed by atoms with van der Waals surface area (Å²) in [4.78, 5) is 52.6. The minimum Gasteiger partial charge on any atom is -0.497 e. The standard InChI is InChI=1S/C38H39N3O7S/c1-5-6-21-48-38(45)27-15-17-29(18-16-27)39-35(42)25(2)49-32-14-10-13-30(24-32)40-37(44)33(41-36(43)26-11-8-7-9-12-26)23-28-22-31(46-3)19-20-34(28)47-4/h7-20,22-25H,5-6,21H2,1-4H3,(H,39,42)(H,40,44)(H,41,43)/b33-23+. The maximum atomic E-state index is 13.6. The molecule has 0 aliphatic carbocycles. The molecule has 0 spiro atoms. The number of esters is 1. The first-order valence-electron chi connectivity index (χ1n) is 15.7. The number of rotatable bonds is 15. The van der Waals surface area contributed by atoms with Crippen LogP contribution in [0.15, 0.2) is 108 Å². The lowest BCUT2D eigenvalue weighted by Gasteiger charge is -2.15. The van der Waals surface area contributed by atoms with Crippen molar-refractivity contribution < 1.29 is 33.4 Å². The van der Waals surface area contributed by atoms with E-state index in [9.17, 15) is 19.2 Å². The van der Waals surface area contributed by atoms with Crippen LogP contribution in [0.4, 0.5) is 11.4 Å². The Hall–Kier alpha value is -5.55. The Morgan fingerprint density at radius 3 is 2.24 bits per heavy atom. The van der Waals surface area contributed by atoms with Crippen LogP contribution in [0.3, 0.4) is 0 Å². The third-order valence-corrected chi connectivity index (χ3v) is 8.25. The average Bonchev–Trinajstić information content (AvgIpc) is 3.12. The Labute approximate surface area is 290 Å². The Kier molecular flexibility index (Phi) is 13.4. The number of carbonyl (C=O) groups excluding carboxylic acids is 4. The third kappa shape index (κ3) is 10.7. The maximum absolute atomic E-state index is 13.6. The largest absolute Gasteiger partial charge is 0.497 e. The van der Waals surface area contributed by atoms with Crippen LogP contribution in [-0.2, 0) is 14.3 Å². The number of methoxy groups -OCH3 is 2. The highest BCUT2D eigenvalue weighted by Crippen LogP contribution is 2.28. The van der Waals surface area contributed by atoms with E-state index in [-0.39, 0.29) is 11.6 Å². The van der Waals surface area contributed by atoms with Gasteiger partial charge < -0.3 is 30.2 Å². The van der Waals surface area contributed by atoms with E-state index in [2.05, 4.69) is 16.0 Å². The van der Waals surface area contributed by atoms with Gasteiger partial charge in [-0.05, 0) is 92.2 Å². The summed E-state index contributed by atoms with van der Waals surface area (Å²) >= 11 is 1.31. The second kappa shape index (κ2) is 18.1. The van der Waals surface area contributed by atoms with Crippen LogP contribution in [0, 0.1) is 0 Å². The van der Waals surface area contributed by atoms with Crippen molar-refractivity contribution >= 4 is 52.9 Å². The SMILES string of the molecule is CCCCOC(=O)c1ccc(NC(=O)C(C)Sc2cccc(NC(=O)/C(=C\c3cc(OC)ccc3OC)NC(=O)c3ccccc3)c2)cc1. The molecule has 0 saturated carbocycles. The summed E-state index contributed by atoms with van der Waals surface area (Å²) in [5.74, 6) is -0.647. The van der Waals surface area contributed by atoms with Crippen LogP contribution >= 0.6 is 11.8 Å². The Morgan fingerprint density at radius 1 is 0.796 bits per heavy atom. The van der Waals surface area contributed by atoms with E-state index >= 15 is 0 Å². The van der Waals surface area contributed by atoms with Crippen LogP contribution in [0.2, 0.25) is 0 Å². The number of hydrogen-bond acceptors (Lipinski definition) is 8. The Balaban J connectivity index is 1.45. The Bertz CT molecular complexity index is 1790. The van der Waals surface area contributed by atoms with Crippen molar-refractivity contribution in [3.63, 3.8) is 0 Å². The van der Waals surface area contributed by atoms with Gasteiger partial charge in [0.25, 0.3) is 11.8 Å². The zero-order valence-electron chi connectivity index (χ0n) is 27.8. The molecule has 0 aliphatic heterocycles. The van der Waals surface area contributed by atoms with Gasteiger partial charge in [0, 0.05) is 27.4 Å². The fourth-order valence-electron chi connectivity index (χ4n) is 4.48. The molecule has 254 valence electrons. The summed E-state index contributed by atoms with van der Waals surface area (Å²) in [6, 6.07) is 27.3. The molecule has 0 bridgehead atoms. The lowest BCUT2D eigenvalue weighted by atomic mass is 10.1. The molecule has 1 atom stereocenters. The van der Waals surface area contributed by atoms with Gasteiger partial charge in [0.1, 0.15) is 17.2 Å². The molecular weight excluding hydrogens is 642 g/mol. The number of hydrogen-bond donors (Lipinski definition) is 3. The van der Waals surface area contributed by atoms with E-state index in [1.165, 1.54) is 32.1 Å². The van der Waals surface area contributed by atoms with Gasteiger partial charge in [0.2, 0.25) is 5.91 Å². The molecule has 3 amide bonds. The van der Waals surface area contributed by atoms with Gasteiger partial charge >= 0.3 is 5.97 Å². The molecule has 0 radical (unpaired) electrons. The highest BCUT2D eigenvalue weighted by Gasteiger charge is 2.19. The first kappa shape index (κ1) is 36.3. The molecular formula is C38H39N3O7S. The summed E-state index contributed by atoms with van der Waals surface area (Å²) in [6.07, 6.45) is 3.25. The second-order valence-electron chi connectivity index (χ2n) is 10.8. The number of ether oxygens (including phenoxy) is 3. The second-order valence-corrected chi connectivity index (χ2v) is 12.2. The van der Waals surface area contributed by atoms with Gasteiger partial charge in [0.05, 0.1) is 31.6 Å². The number of amides is 3. The van der Waals surface area contributed by atoms with E-state index in [0.717, 1.165) is 17.7 Å². The average molecular weight is 682 g/mol. The van der Waals surface area contributed by atoms with Gasteiger partial charge in [-0.25, -0.2) is 4.79 Å². The summed E-state index contributed by atoms with van der Waals surface area (Å²) < 4.78 is 16.1. The van der Waals surface area contributed by atoms with Crippen molar-refractivity contribution in [2.75, 3.05) is 31.5 Å². The smallest absolute Gasteiger partial charge is 0.338 e. The summed E-state index contributed by atoms with van der Waals surface area (Å²) in [5, 5.41) is 7.95. The van der Waals surface area contributed by atoms with Gasteiger partial charge in [-0.2, -0.15) is 0 Å². The number of benzene rings is 4. The summed E-state index contributed by atoms with van der Waals surface area (Å²) in [7, 11) is 3.04. The van der Waals surface area contributed by atoms with Crippen molar-refractivity contribution in [3.8, 4) is 11.5 Å². The number of nitrogens with one attached hydrogen (secondary N) is 3. The van der Waals surface area contributed by atoms with Crippen LogP contribution in [-0.4, -0.2) is 49.8 Å². The molecule has 11 heteroatoms. The lowest BCUT2D eigenvalue weighted by Crippen LogP contribution is -2.30. The van der Waals surface area contributed by atoms with E-state index in [4.69, 9.17) is 14.2 Å². The fourth-order valence-corrected chi connectivity index (χ4v) is 5.41. The third-order valence-electron chi connectivity index (χ3n) is 7.16. The molecule has 3 N–H and O–H groups in total. The van der Waals surface area contributed by atoms with E-state index in [1.807, 2.05) is 13.0 Å². The molecule has 4 aromatic carbocycles. The monoisotopic (exact) mass is 681 g/mol. The van der Waals surface area contributed by atoms with Crippen molar-refractivity contribution in [2.24, 2.45) is 0 Å². The van der Waals surface area contributed by atoms with Crippen LogP contribution in [0.1, 0.15) is 53.0 Å². The minimum atomic E-state index is -0.570. The zero-order chi connectivity index (χ0) is 35.2. The van der Waals surface area contributed by atoms with Gasteiger partial charge in [0.15, 0.2) is 0 Å². The summed E-state index contributed by atoms with van der Waals surface area (Å²) in [6.45, 7) is 4.16. The Morgan fingerprint density at radius 2 is 1.55 bits per heavy atom. The molecule has 4 rings (SSSR count). The molecule has 4 aromatic rings. The molecule has 0 saturated heterocycles. The number of anilines is 2. The van der Waals surface area contributed by atoms with Crippen LogP contribution in [0.5, 0.6) is 11.5 Å². The lowest BCUT2D eigenvalue weighted by molar-refractivity contribution is -0.115. The molecule has 10 nitrogen and oxygen atoms in total. The molecule has 0 heterocycles. The van der Waals surface area contributed by atoms with Gasteiger partial charge in [-0.15, -0.1) is 11.8 Å². The number of thioether (sulfide) groups is 1. The molecule has 0 aliphatic rings. The summed E-state index contributed by atoms with van der Waals surface area (Å²) in [5.41, 5.74) is 2.30. The van der Waals surface area contributed by atoms with E-state index in [0.29, 0.717) is 46.2 Å². The first-order valence-corrected chi connectivity index (χ1v) is 16.5. The normalized spacial score (nSPS) is 11.6. The predicted molar refractivity (Wildman–Crippen MR) is 192 cm³/mol. The topological polar surface area (TPSA) is 132 Å². The van der Waals surface area contributed by atoms with Crippen LogP contribution in [0.25, 0.3) is 6.08 Å². The van der Waals surface area contributed by atoms with Crippen molar-refractivity contribution in [1.29, 1.82) is 0 Å². The minimum absolute atomic E-state index is 0.0218. The highest BCUT2D eigenvalue weighted by atomic mass is 32.2. The highest BCUT2D eigenvalue weighted by molar-refractivity contribution is 8.00. The van der Waals surface area contributed by atoms with E-state index < -0.39 is 23.0 Å². The number of unbranched alkanes of at least 4 members (excludes halogenated alkanes) is 1. The first-order chi connectivity index (χ1) is 23.7.